The van der Waals surface area contributed by atoms with Gasteiger partial charge in [-0.1, -0.05) is 30.3 Å². The third-order valence-electron chi connectivity index (χ3n) is 3.07. The lowest BCUT2D eigenvalue weighted by atomic mass is 9.97. The van der Waals surface area contributed by atoms with Crippen LogP contribution in [-0.2, 0) is 10.5 Å². The maximum absolute atomic E-state index is 9.19. The monoisotopic (exact) mass is 271 g/mol. The zero-order chi connectivity index (χ0) is 14.4. The van der Waals surface area contributed by atoms with Crippen LogP contribution in [0, 0.1) is 0 Å². The van der Waals surface area contributed by atoms with E-state index in [9.17, 15) is 5.26 Å². The maximum Gasteiger partial charge on any atom is 0.160 e. The first-order valence-electron chi connectivity index (χ1n) is 6.25. The number of hydrogen-bond donors (Lipinski definition) is 1. The summed E-state index contributed by atoms with van der Waals surface area (Å²) < 4.78 is 5.09. The van der Waals surface area contributed by atoms with E-state index in [1.165, 1.54) is 0 Å². The van der Waals surface area contributed by atoms with E-state index < -0.39 is 5.60 Å². The van der Waals surface area contributed by atoms with Crippen LogP contribution in [0.3, 0.4) is 0 Å². The molecule has 1 atom stereocenters. The molecular formula is C16H17NO3. The van der Waals surface area contributed by atoms with Crippen molar-refractivity contribution < 1.29 is 14.9 Å². The normalized spacial score (nSPS) is 14.2. The molecule has 0 spiro atoms. The highest BCUT2D eigenvalue weighted by Gasteiger charge is 2.25. The van der Waals surface area contributed by atoms with Gasteiger partial charge in [-0.2, -0.15) is 0 Å². The van der Waals surface area contributed by atoms with Gasteiger partial charge in [-0.05, 0) is 36.8 Å². The molecular weight excluding hydrogens is 254 g/mol. The summed E-state index contributed by atoms with van der Waals surface area (Å²) in [5.74, 6) is 0.771. The third-order valence-corrected chi connectivity index (χ3v) is 3.07. The van der Waals surface area contributed by atoms with Gasteiger partial charge in [0, 0.05) is 6.21 Å². The lowest BCUT2D eigenvalue weighted by molar-refractivity contribution is -0.298. The molecule has 0 heterocycles. The predicted molar refractivity (Wildman–Crippen MR) is 78.7 cm³/mol. The van der Waals surface area contributed by atoms with Crippen LogP contribution < -0.4 is 4.74 Å². The molecule has 4 heteroatoms. The molecule has 0 saturated heterocycles. The zero-order valence-corrected chi connectivity index (χ0v) is 11.5. The van der Waals surface area contributed by atoms with E-state index in [1.807, 2.05) is 54.6 Å². The molecule has 0 amide bonds. The van der Waals surface area contributed by atoms with Crippen molar-refractivity contribution in [1.29, 1.82) is 0 Å². The van der Waals surface area contributed by atoms with E-state index >= 15 is 0 Å². The molecule has 0 radical (unpaired) electrons. The number of aliphatic imine (C=N–C) groups is 1. The second kappa shape index (κ2) is 6.32. The summed E-state index contributed by atoms with van der Waals surface area (Å²) in [5, 5.41) is 9.19. The molecule has 0 aliphatic carbocycles. The minimum absolute atomic E-state index is 0.755. The Hall–Kier alpha value is -2.17. The van der Waals surface area contributed by atoms with Crippen LogP contribution in [0.2, 0.25) is 0 Å². The van der Waals surface area contributed by atoms with Crippen LogP contribution >= 0.6 is 0 Å². The summed E-state index contributed by atoms with van der Waals surface area (Å²) in [6.45, 7) is 1.75. The van der Waals surface area contributed by atoms with Gasteiger partial charge < -0.3 is 4.74 Å². The van der Waals surface area contributed by atoms with Gasteiger partial charge >= 0.3 is 0 Å². The Morgan fingerprint density at radius 1 is 1.05 bits per heavy atom. The van der Waals surface area contributed by atoms with Gasteiger partial charge in [0.1, 0.15) is 5.75 Å². The van der Waals surface area contributed by atoms with E-state index in [-0.39, 0.29) is 0 Å². The number of methoxy groups -OCH3 is 1. The highest BCUT2D eigenvalue weighted by atomic mass is 17.1. The quantitative estimate of drug-likeness (QED) is 0.511. The molecule has 0 aromatic heterocycles. The molecule has 0 bridgehead atoms. The topological polar surface area (TPSA) is 51.0 Å². The van der Waals surface area contributed by atoms with E-state index in [0.717, 1.165) is 17.0 Å². The van der Waals surface area contributed by atoms with Gasteiger partial charge in [-0.25, -0.2) is 4.89 Å². The Morgan fingerprint density at radius 3 is 2.25 bits per heavy atom. The molecule has 2 aromatic carbocycles. The Balaban J connectivity index is 2.22. The number of rotatable bonds is 5. The maximum atomic E-state index is 9.19. The van der Waals surface area contributed by atoms with Gasteiger partial charge in [-0.3, -0.25) is 10.2 Å². The van der Waals surface area contributed by atoms with Crippen molar-refractivity contribution in [1.82, 2.24) is 0 Å². The number of nitrogens with zero attached hydrogens (tertiary/aromatic N) is 1. The van der Waals surface area contributed by atoms with Gasteiger partial charge in [-0.15, -0.1) is 0 Å². The van der Waals surface area contributed by atoms with Crippen molar-refractivity contribution in [3.63, 3.8) is 0 Å². The fourth-order valence-electron chi connectivity index (χ4n) is 1.79. The smallest absolute Gasteiger partial charge is 0.160 e. The number of hydrogen-bond acceptors (Lipinski definition) is 4. The molecule has 20 heavy (non-hydrogen) atoms. The van der Waals surface area contributed by atoms with Crippen molar-refractivity contribution >= 4 is 11.9 Å². The van der Waals surface area contributed by atoms with Crippen LogP contribution in [0.1, 0.15) is 12.5 Å². The minimum Gasteiger partial charge on any atom is -0.497 e. The van der Waals surface area contributed by atoms with Crippen LogP contribution in [-0.4, -0.2) is 18.6 Å². The average molecular weight is 271 g/mol. The summed E-state index contributed by atoms with van der Waals surface area (Å²) in [4.78, 5) is 8.95. The summed E-state index contributed by atoms with van der Waals surface area (Å²) in [5.41, 5.74) is 0.589. The van der Waals surface area contributed by atoms with E-state index in [4.69, 9.17) is 4.74 Å². The van der Waals surface area contributed by atoms with E-state index in [0.29, 0.717) is 0 Å². The molecule has 0 saturated carbocycles. The van der Waals surface area contributed by atoms with Gasteiger partial charge in [0.05, 0.1) is 12.8 Å². The molecule has 104 valence electrons. The van der Waals surface area contributed by atoms with Crippen molar-refractivity contribution in [2.24, 2.45) is 4.99 Å². The summed E-state index contributed by atoms with van der Waals surface area (Å²) in [6, 6.07) is 16.7. The van der Waals surface area contributed by atoms with Crippen molar-refractivity contribution in [2.45, 2.75) is 12.5 Å². The lowest BCUT2D eigenvalue weighted by Gasteiger charge is -2.21. The first kappa shape index (κ1) is 14.2. The molecule has 0 aliphatic rings. The highest BCUT2D eigenvalue weighted by Crippen LogP contribution is 2.24. The van der Waals surface area contributed by atoms with Crippen LogP contribution in [0.25, 0.3) is 0 Å². The predicted octanol–water partition coefficient (Wildman–Crippen LogP) is 3.80. The van der Waals surface area contributed by atoms with E-state index in [1.54, 1.807) is 20.2 Å². The van der Waals surface area contributed by atoms with Crippen LogP contribution in [0.5, 0.6) is 5.75 Å². The minimum atomic E-state index is -0.985. The van der Waals surface area contributed by atoms with Gasteiger partial charge in [0.2, 0.25) is 0 Å². The first-order valence-corrected chi connectivity index (χ1v) is 6.25. The standard InChI is InChI=1S/C16H17NO3/c1-16(20-18,13-6-4-3-5-7-13)12-17-14-8-10-15(19-2)11-9-14/h3-12,18H,1-2H3. The van der Waals surface area contributed by atoms with Gasteiger partial charge in [0.15, 0.2) is 5.60 Å². The Labute approximate surface area is 118 Å². The summed E-state index contributed by atoms with van der Waals surface area (Å²) >= 11 is 0. The molecule has 0 fully saturated rings. The number of ether oxygens (including phenoxy) is 1. The molecule has 1 N–H and O–H groups in total. The Kier molecular flexibility index (Phi) is 4.50. The van der Waals surface area contributed by atoms with Crippen LogP contribution in [0.4, 0.5) is 5.69 Å². The first-order chi connectivity index (χ1) is 9.68. The van der Waals surface area contributed by atoms with E-state index in [2.05, 4.69) is 9.88 Å². The van der Waals surface area contributed by atoms with Crippen molar-refractivity contribution in [2.75, 3.05) is 7.11 Å². The molecule has 1 unspecified atom stereocenters. The fourth-order valence-corrected chi connectivity index (χ4v) is 1.79. The Bertz CT molecular complexity index is 566. The lowest BCUT2D eigenvalue weighted by Crippen LogP contribution is -2.26. The second-order valence-electron chi connectivity index (χ2n) is 4.52. The second-order valence-corrected chi connectivity index (χ2v) is 4.52. The highest BCUT2D eigenvalue weighted by molar-refractivity contribution is 5.74. The molecule has 2 aromatic rings. The molecule has 0 aliphatic heterocycles. The van der Waals surface area contributed by atoms with Crippen molar-refractivity contribution in [3.8, 4) is 5.75 Å². The molecule has 4 nitrogen and oxygen atoms in total. The fraction of sp³-hybridized carbons (Fsp3) is 0.188. The van der Waals surface area contributed by atoms with Crippen LogP contribution in [0.15, 0.2) is 59.6 Å². The molecule has 2 rings (SSSR count). The summed E-state index contributed by atoms with van der Waals surface area (Å²) in [7, 11) is 1.62. The third kappa shape index (κ3) is 3.23. The SMILES string of the molecule is COc1ccc(N=CC(C)(OO)c2ccccc2)cc1. The number of benzene rings is 2. The summed E-state index contributed by atoms with van der Waals surface area (Å²) in [6.07, 6.45) is 1.57. The average Bonchev–Trinajstić information content (AvgIpc) is 2.54. The zero-order valence-electron chi connectivity index (χ0n) is 11.5. The van der Waals surface area contributed by atoms with Gasteiger partial charge in [0.25, 0.3) is 0 Å². The van der Waals surface area contributed by atoms with Crippen molar-refractivity contribution in [3.05, 3.63) is 60.2 Å². The largest absolute Gasteiger partial charge is 0.497 e. The Morgan fingerprint density at radius 2 is 1.70 bits per heavy atom.